The van der Waals surface area contributed by atoms with Crippen LogP contribution in [0, 0.1) is 0 Å². The molecule has 4 rings (SSSR count). The van der Waals surface area contributed by atoms with Crippen molar-refractivity contribution < 1.29 is 9.53 Å². The second-order valence-electron chi connectivity index (χ2n) is 7.31. The number of nitrogens with zero attached hydrogens (tertiary/aromatic N) is 4. The van der Waals surface area contributed by atoms with Gasteiger partial charge >= 0.3 is 0 Å². The van der Waals surface area contributed by atoms with Crippen LogP contribution >= 0.6 is 11.3 Å². The van der Waals surface area contributed by atoms with Crippen LogP contribution < -0.4 is 15.0 Å². The van der Waals surface area contributed by atoms with Crippen LogP contribution in [0.3, 0.4) is 0 Å². The molecule has 0 saturated carbocycles. The molecule has 1 aromatic carbocycles. The third kappa shape index (κ3) is 4.71. The molecule has 2 aromatic heterocycles. The van der Waals surface area contributed by atoms with Gasteiger partial charge in [0.1, 0.15) is 0 Å². The van der Waals surface area contributed by atoms with Crippen molar-refractivity contribution in [3.63, 3.8) is 0 Å². The quantitative estimate of drug-likeness (QED) is 0.603. The van der Waals surface area contributed by atoms with Gasteiger partial charge in [0.2, 0.25) is 11.8 Å². The Morgan fingerprint density at radius 2 is 2.07 bits per heavy atom. The second-order valence-corrected chi connectivity index (χ2v) is 8.26. The van der Waals surface area contributed by atoms with Crippen LogP contribution in [0.15, 0.2) is 35.7 Å². The van der Waals surface area contributed by atoms with Crippen molar-refractivity contribution in [2.75, 3.05) is 49.5 Å². The minimum atomic E-state index is -0.135. The molecule has 1 aliphatic rings. The summed E-state index contributed by atoms with van der Waals surface area (Å²) in [6.07, 6.45) is 0.959. The van der Waals surface area contributed by atoms with E-state index >= 15 is 0 Å². The predicted octanol–water partition coefficient (Wildman–Crippen LogP) is 3.18. The van der Waals surface area contributed by atoms with Crippen LogP contribution in [0.2, 0.25) is 0 Å². The van der Waals surface area contributed by atoms with Gasteiger partial charge in [-0.25, -0.2) is 4.68 Å². The summed E-state index contributed by atoms with van der Waals surface area (Å²) in [5.74, 6) is 1.05. The second kappa shape index (κ2) is 8.84. The maximum Gasteiger partial charge on any atom is 0.222 e. The predicted molar refractivity (Wildman–Crippen MR) is 118 cm³/mol. The van der Waals surface area contributed by atoms with Gasteiger partial charge in [-0.05, 0) is 30.0 Å². The fraction of sp³-hybridized carbons (Fsp3) is 0.429. The topological polar surface area (TPSA) is 62.6 Å². The molecule has 0 spiro atoms. The number of anilines is 2. The third-order valence-electron chi connectivity index (χ3n) is 5.20. The largest absolute Gasteiger partial charge is 0.478 e. The molecule has 0 aliphatic carbocycles. The molecule has 1 amide bonds. The van der Waals surface area contributed by atoms with Crippen molar-refractivity contribution >= 4 is 38.8 Å². The molecule has 3 aromatic rings. The van der Waals surface area contributed by atoms with E-state index in [4.69, 9.17) is 4.74 Å². The first kappa shape index (κ1) is 19.7. The summed E-state index contributed by atoms with van der Waals surface area (Å²) >= 11 is 1.81. The van der Waals surface area contributed by atoms with Gasteiger partial charge in [0, 0.05) is 68.5 Å². The Morgan fingerprint density at radius 3 is 2.86 bits per heavy atom. The van der Waals surface area contributed by atoms with Crippen molar-refractivity contribution in [3.8, 4) is 5.88 Å². The summed E-state index contributed by atoms with van der Waals surface area (Å²) in [5.41, 5.74) is 1.36. The van der Waals surface area contributed by atoms with Crippen LogP contribution in [-0.4, -0.2) is 59.9 Å². The Hall–Kier alpha value is -2.58. The zero-order valence-corrected chi connectivity index (χ0v) is 17.7. The molecule has 1 saturated heterocycles. The summed E-state index contributed by atoms with van der Waals surface area (Å²) in [7, 11) is 1.81. The number of carbonyl (C=O) groups is 1. The van der Waals surface area contributed by atoms with Gasteiger partial charge in [-0.15, -0.1) is 11.3 Å². The first-order chi connectivity index (χ1) is 14.1. The number of aryl methyl sites for hydroxylation is 1. The molecule has 1 aliphatic heterocycles. The van der Waals surface area contributed by atoms with Gasteiger partial charge in [0.05, 0.1) is 6.61 Å². The molecule has 1 fully saturated rings. The number of nitrogens with one attached hydrogen (secondary N) is 1. The summed E-state index contributed by atoms with van der Waals surface area (Å²) in [4.78, 5) is 16.1. The van der Waals surface area contributed by atoms with E-state index in [1.807, 2.05) is 7.05 Å². The van der Waals surface area contributed by atoms with E-state index in [1.165, 1.54) is 22.7 Å². The highest BCUT2D eigenvalue weighted by molar-refractivity contribution is 7.17. The lowest BCUT2D eigenvalue weighted by atomic mass is 10.2. The molecule has 0 unspecified atom stereocenters. The molecule has 0 bridgehead atoms. The van der Waals surface area contributed by atoms with Crippen LogP contribution in [0.5, 0.6) is 5.88 Å². The van der Waals surface area contributed by atoms with E-state index in [0.717, 1.165) is 39.1 Å². The standard InChI is InChI=1S/C21H27N5O2S/c1-16(27)22-20-15-21(24(2)23-20)28-13-4-8-25-9-11-26(12-10-25)18-5-3-6-19-17(18)7-14-29-19/h3,5-7,14-15H,4,8-13H2,1-2H3,(H,22,23,27). The van der Waals surface area contributed by atoms with E-state index in [1.54, 1.807) is 22.1 Å². The number of hydrogen-bond acceptors (Lipinski definition) is 6. The molecule has 154 valence electrons. The molecule has 1 N–H and O–H groups in total. The number of amides is 1. The summed E-state index contributed by atoms with van der Waals surface area (Å²) < 4.78 is 8.84. The Morgan fingerprint density at radius 1 is 1.24 bits per heavy atom. The highest BCUT2D eigenvalue weighted by atomic mass is 32.1. The minimum absolute atomic E-state index is 0.135. The number of rotatable bonds is 7. The van der Waals surface area contributed by atoms with E-state index in [9.17, 15) is 4.79 Å². The maximum atomic E-state index is 11.1. The number of thiophene rings is 1. The third-order valence-corrected chi connectivity index (χ3v) is 6.08. The Labute approximate surface area is 174 Å². The van der Waals surface area contributed by atoms with Crippen LogP contribution in [-0.2, 0) is 11.8 Å². The lowest BCUT2D eigenvalue weighted by Crippen LogP contribution is -2.46. The molecule has 7 nitrogen and oxygen atoms in total. The van der Waals surface area contributed by atoms with Crippen molar-refractivity contribution in [3.05, 3.63) is 35.7 Å². The lowest BCUT2D eigenvalue weighted by Gasteiger charge is -2.36. The van der Waals surface area contributed by atoms with E-state index in [0.29, 0.717) is 18.3 Å². The number of piperazine rings is 1. The summed E-state index contributed by atoms with van der Waals surface area (Å²) in [6.45, 7) is 7.36. The average molecular weight is 414 g/mol. The monoisotopic (exact) mass is 413 g/mol. The van der Waals surface area contributed by atoms with E-state index in [-0.39, 0.29) is 5.91 Å². The smallest absolute Gasteiger partial charge is 0.222 e. The van der Waals surface area contributed by atoms with Gasteiger partial charge < -0.3 is 15.0 Å². The molecule has 0 atom stereocenters. The maximum absolute atomic E-state index is 11.1. The molecule has 29 heavy (non-hydrogen) atoms. The zero-order chi connectivity index (χ0) is 20.2. The molecule has 3 heterocycles. The SMILES string of the molecule is CC(=O)Nc1cc(OCCCN2CCN(c3cccc4sccc34)CC2)n(C)n1. The van der Waals surface area contributed by atoms with Gasteiger partial charge in [-0.2, -0.15) is 5.10 Å². The molecule has 8 heteroatoms. The molecule has 0 radical (unpaired) electrons. The van der Waals surface area contributed by atoms with Crippen LogP contribution in [0.4, 0.5) is 11.5 Å². The Bertz CT molecular complexity index is 975. The molecular weight excluding hydrogens is 386 g/mol. The average Bonchev–Trinajstić information content (AvgIpc) is 3.31. The first-order valence-corrected chi connectivity index (χ1v) is 10.9. The number of hydrogen-bond donors (Lipinski definition) is 1. The van der Waals surface area contributed by atoms with Gasteiger partial charge in [-0.1, -0.05) is 6.07 Å². The Balaban J connectivity index is 1.21. The lowest BCUT2D eigenvalue weighted by molar-refractivity contribution is -0.114. The van der Waals surface area contributed by atoms with Crippen LogP contribution in [0.1, 0.15) is 13.3 Å². The van der Waals surface area contributed by atoms with Gasteiger partial charge in [-0.3, -0.25) is 9.69 Å². The Kier molecular flexibility index (Phi) is 6.01. The van der Waals surface area contributed by atoms with Crippen molar-refractivity contribution in [2.24, 2.45) is 7.05 Å². The van der Waals surface area contributed by atoms with Crippen molar-refractivity contribution in [1.29, 1.82) is 0 Å². The highest BCUT2D eigenvalue weighted by Crippen LogP contribution is 2.31. The van der Waals surface area contributed by atoms with Gasteiger partial charge in [0.15, 0.2) is 5.82 Å². The number of carbonyl (C=O) groups excluding carboxylic acids is 1. The van der Waals surface area contributed by atoms with E-state index in [2.05, 4.69) is 49.9 Å². The summed E-state index contributed by atoms with van der Waals surface area (Å²) in [6, 6.07) is 10.6. The van der Waals surface area contributed by atoms with E-state index < -0.39 is 0 Å². The fourth-order valence-electron chi connectivity index (χ4n) is 3.76. The highest BCUT2D eigenvalue weighted by Gasteiger charge is 2.18. The van der Waals surface area contributed by atoms with Crippen molar-refractivity contribution in [1.82, 2.24) is 14.7 Å². The number of aromatic nitrogens is 2. The first-order valence-electron chi connectivity index (χ1n) is 9.98. The zero-order valence-electron chi connectivity index (χ0n) is 16.9. The summed E-state index contributed by atoms with van der Waals surface area (Å²) in [5, 5.41) is 10.4. The van der Waals surface area contributed by atoms with Crippen LogP contribution in [0.25, 0.3) is 10.1 Å². The minimum Gasteiger partial charge on any atom is -0.478 e. The van der Waals surface area contributed by atoms with Gasteiger partial charge in [0.25, 0.3) is 0 Å². The normalized spacial score (nSPS) is 15.0. The fourth-order valence-corrected chi connectivity index (χ4v) is 4.57. The number of ether oxygens (including phenoxy) is 1. The molecular formula is C21H27N5O2S. The van der Waals surface area contributed by atoms with Crippen molar-refractivity contribution in [2.45, 2.75) is 13.3 Å². The number of benzene rings is 1. The number of fused-ring (bicyclic) bond motifs is 1.